The third-order valence-electron chi connectivity index (χ3n) is 5.74. The summed E-state index contributed by atoms with van der Waals surface area (Å²) in [5.41, 5.74) is 1.26. The third kappa shape index (κ3) is 6.37. The zero-order valence-electron chi connectivity index (χ0n) is 21.5. The molecule has 12 heteroatoms. The van der Waals surface area contributed by atoms with E-state index in [1.54, 1.807) is 12.1 Å². The highest BCUT2D eigenvalue weighted by atomic mass is 127. The highest BCUT2D eigenvalue weighted by molar-refractivity contribution is 14.1. The molecule has 1 N–H and O–H groups in total. The molecule has 0 aromatic heterocycles. The Labute approximate surface area is 257 Å². The fourth-order valence-electron chi connectivity index (χ4n) is 3.87. The number of urea groups is 1. The van der Waals surface area contributed by atoms with Gasteiger partial charge in [0.15, 0.2) is 11.5 Å². The number of nitrogens with zero attached hydrogens (tertiary/aromatic N) is 1. The Kier molecular flexibility index (Phi) is 9.59. The topological polar surface area (TPSA) is 103 Å². The van der Waals surface area contributed by atoms with Crippen molar-refractivity contribution in [3.8, 4) is 23.0 Å². The van der Waals surface area contributed by atoms with Crippen molar-refractivity contribution in [3.05, 3.63) is 78.3 Å². The summed E-state index contributed by atoms with van der Waals surface area (Å²) in [5, 5.41) is 2.43. The zero-order chi connectivity index (χ0) is 29.0. The SMILES string of the molecule is CCOc1cc(/C=C2\C(=O)NC(=O)N(c3cc(OC)c(Cl)cc3OC)C2=O)cc(I)c1OCc1ccc(Br)cc1. The highest BCUT2D eigenvalue weighted by Crippen LogP contribution is 2.40. The molecule has 40 heavy (non-hydrogen) atoms. The number of hydrogen-bond acceptors (Lipinski definition) is 7. The Morgan fingerprint density at radius 2 is 1.68 bits per heavy atom. The second-order valence-electron chi connectivity index (χ2n) is 8.29. The van der Waals surface area contributed by atoms with Crippen molar-refractivity contribution < 1.29 is 33.3 Å². The first kappa shape index (κ1) is 29.7. The molecule has 4 amide bonds. The maximum Gasteiger partial charge on any atom is 0.336 e. The van der Waals surface area contributed by atoms with Crippen molar-refractivity contribution in [1.82, 2.24) is 5.32 Å². The molecule has 0 saturated carbocycles. The van der Waals surface area contributed by atoms with Gasteiger partial charge in [0.25, 0.3) is 11.8 Å². The van der Waals surface area contributed by atoms with Crippen molar-refractivity contribution in [1.29, 1.82) is 0 Å². The summed E-state index contributed by atoms with van der Waals surface area (Å²) in [5.74, 6) is -0.353. The molecule has 1 aliphatic rings. The van der Waals surface area contributed by atoms with E-state index < -0.39 is 17.8 Å². The van der Waals surface area contributed by atoms with E-state index in [-0.39, 0.29) is 27.8 Å². The van der Waals surface area contributed by atoms with Crippen molar-refractivity contribution in [2.45, 2.75) is 13.5 Å². The summed E-state index contributed by atoms with van der Waals surface area (Å²) in [6.45, 7) is 2.52. The van der Waals surface area contributed by atoms with Crippen LogP contribution in [0.2, 0.25) is 5.02 Å². The Hall–Kier alpha value is -3.29. The Bertz CT molecular complexity index is 1510. The van der Waals surface area contributed by atoms with E-state index in [0.29, 0.717) is 33.8 Å². The minimum atomic E-state index is -0.934. The lowest BCUT2D eigenvalue weighted by Gasteiger charge is -2.28. The van der Waals surface area contributed by atoms with E-state index >= 15 is 0 Å². The number of methoxy groups -OCH3 is 2. The van der Waals surface area contributed by atoms with Crippen LogP contribution in [-0.4, -0.2) is 38.7 Å². The number of halogens is 3. The lowest BCUT2D eigenvalue weighted by atomic mass is 10.1. The first-order valence-corrected chi connectivity index (χ1v) is 14.1. The molecular formula is C28H23BrClIN2O7. The standard InChI is InChI=1S/C28H23BrClIN2O7/c1-4-39-24-11-16(10-20(31)25(24)40-14-15-5-7-17(29)8-6-15)9-18-26(34)32-28(36)33(27(18)35)21-13-22(37-2)19(30)12-23(21)38-3/h5-13H,4,14H2,1-3H3,(H,32,34,36)/b18-9+. The summed E-state index contributed by atoms with van der Waals surface area (Å²) < 4.78 is 24.1. The molecule has 4 rings (SSSR count). The second kappa shape index (κ2) is 12.9. The van der Waals surface area contributed by atoms with E-state index in [1.165, 1.54) is 32.4 Å². The van der Waals surface area contributed by atoms with Gasteiger partial charge >= 0.3 is 6.03 Å². The second-order valence-corrected chi connectivity index (χ2v) is 10.8. The Morgan fingerprint density at radius 3 is 2.33 bits per heavy atom. The molecule has 9 nitrogen and oxygen atoms in total. The van der Waals surface area contributed by atoms with Gasteiger partial charge in [-0.05, 0) is 71.0 Å². The number of carbonyl (C=O) groups excluding carboxylic acids is 3. The predicted molar refractivity (Wildman–Crippen MR) is 162 cm³/mol. The van der Waals surface area contributed by atoms with Crippen LogP contribution in [0.15, 0.2) is 58.6 Å². The van der Waals surface area contributed by atoms with Gasteiger partial charge in [0.2, 0.25) is 0 Å². The number of barbiturate groups is 1. The minimum Gasteiger partial charge on any atom is -0.495 e. The maximum absolute atomic E-state index is 13.5. The molecule has 0 spiro atoms. The number of ether oxygens (including phenoxy) is 4. The van der Waals surface area contributed by atoms with E-state index in [9.17, 15) is 14.4 Å². The van der Waals surface area contributed by atoms with Crippen LogP contribution in [-0.2, 0) is 16.2 Å². The first-order chi connectivity index (χ1) is 19.2. The van der Waals surface area contributed by atoms with Gasteiger partial charge in [-0.3, -0.25) is 14.9 Å². The normalized spacial score (nSPS) is 14.3. The van der Waals surface area contributed by atoms with E-state index in [4.69, 9.17) is 30.5 Å². The van der Waals surface area contributed by atoms with Gasteiger partial charge in [-0.15, -0.1) is 0 Å². The number of rotatable bonds is 9. The van der Waals surface area contributed by atoms with Crippen molar-refractivity contribution in [3.63, 3.8) is 0 Å². The summed E-state index contributed by atoms with van der Waals surface area (Å²) >= 11 is 11.7. The van der Waals surface area contributed by atoms with Crippen LogP contribution in [0.1, 0.15) is 18.1 Å². The maximum atomic E-state index is 13.5. The van der Waals surface area contributed by atoms with Crippen LogP contribution in [0, 0.1) is 3.57 Å². The monoisotopic (exact) mass is 740 g/mol. The fraction of sp³-hybridized carbons (Fsp3) is 0.179. The number of carbonyl (C=O) groups is 3. The lowest BCUT2D eigenvalue weighted by molar-refractivity contribution is -0.122. The molecule has 1 saturated heterocycles. The molecular weight excluding hydrogens is 719 g/mol. The van der Waals surface area contributed by atoms with Gasteiger partial charge in [-0.2, -0.15) is 0 Å². The predicted octanol–water partition coefficient (Wildman–Crippen LogP) is 6.37. The highest BCUT2D eigenvalue weighted by Gasteiger charge is 2.38. The van der Waals surface area contributed by atoms with Crippen molar-refractivity contribution in [2.75, 3.05) is 25.7 Å². The average Bonchev–Trinajstić information content (AvgIpc) is 2.92. The fourth-order valence-corrected chi connectivity index (χ4v) is 5.15. The van der Waals surface area contributed by atoms with Gasteiger partial charge in [0.05, 0.1) is 35.1 Å². The molecule has 0 radical (unpaired) electrons. The molecule has 3 aromatic carbocycles. The van der Waals surface area contributed by atoms with Gasteiger partial charge in [-0.25, -0.2) is 9.69 Å². The smallest absolute Gasteiger partial charge is 0.336 e. The molecule has 1 fully saturated rings. The van der Waals surface area contributed by atoms with Crippen LogP contribution >= 0.6 is 50.1 Å². The number of hydrogen-bond donors (Lipinski definition) is 1. The first-order valence-electron chi connectivity index (χ1n) is 11.8. The molecule has 0 unspecified atom stereocenters. The quantitative estimate of drug-likeness (QED) is 0.155. The molecule has 0 atom stereocenters. The number of nitrogens with one attached hydrogen (secondary N) is 1. The van der Waals surface area contributed by atoms with E-state index in [0.717, 1.165) is 14.9 Å². The van der Waals surface area contributed by atoms with Crippen LogP contribution in [0.3, 0.4) is 0 Å². The van der Waals surface area contributed by atoms with Crippen molar-refractivity contribution >= 4 is 79.7 Å². The van der Waals surface area contributed by atoms with Crippen LogP contribution in [0.25, 0.3) is 6.08 Å². The summed E-state index contributed by atoms with van der Waals surface area (Å²) in [6, 6.07) is 13.0. The van der Waals surface area contributed by atoms with Crippen molar-refractivity contribution in [2.24, 2.45) is 0 Å². The molecule has 3 aromatic rings. The number of anilines is 1. The average molecular weight is 742 g/mol. The van der Waals surface area contributed by atoms with Gasteiger partial charge in [-0.1, -0.05) is 39.7 Å². The minimum absolute atomic E-state index is 0.0610. The molecule has 208 valence electrons. The van der Waals surface area contributed by atoms with Gasteiger partial charge < -0.3 is 18.9 Å². The number of imide groups is 2. The largest absolute Gasteiger partial charge is 0.495 e. The molecule has 1 heterocycles. The summed E-state index contributed by atoms with van der Waals surface area (Å²) in [6.07, 6.45) is 1.39. The summed E-state index contributed by atoms with van der Waals surface area (Å²) in [4.78, 5) is 39.9. The third-order valence-corrected chi connectivity index (χ3v) is 7.36. The molecule has 0 bridgehead atoms. The molecule has 0 aliphatic carbocycles. The van der Waals surface area contributed by atoms with E-state index in [1.807, 2.05) is 31.2 Å². The van der Waals surface area contributed by atoms with Crippen LogP contribution in [0.4, 0.5) is 10.5 Å². The van der Waals surface area contributed by atoms with Gasteiger partial charge in [0, 0.05) is 16.6 Å². The van der Waals surface area contributed by atoms with Crippen LogP contribution in [0.5, 0.6) is 23.0 Å². The van der Waals surface area contributed by atoms with E-state index in [2.05, 4.69) is 43.8 Å². The van der Waals surface area contributed by atoms with Crippen LogP contribution < -0.4 is 29.2 Å². The zero-order valence-corrected chi connectivity index (χ0v) is 26.0. The Balaban J connectivity index is 1.70. The number of benzene rings is 3. The van der Waals surface area contributed by atoms with Gasteiger partial charge in [0.1, 0.15) is 23.7 Å². The molecule has 1 aliphatic heterocycles. The summed E-state index contributed by atoms with van der Waals surface area (Å²) in [7, 11) is 2.77. The number of amides is 4. The lowest BCUT2D eigenvalue weighted by Crippen LogP contribution is -2.54. The Morgan fingerprint density at radius 1 is 0.975 bits per heavy atom.